The van der Waals surface area contributed by atoms with E-state index in [2.05, 4.69) is 5.32 Å². The lowest BCUT2D eigenvalue weighted by Crippen LogP contribution is -2.30. The summed E-state index contributed by atoms with van der Waals surface area (Å²) in [5.41, 5.74) is 1.47. The van der Waals surface area contributed by atoms with Crippen LogP contribution >= 0.6 is 11.6 Å². The number of carbonyl (C=O) groups excluding carboxylic acids is 2. The number of anilines is 1. The number of hydrogen-bond donors (Lipinski definition) is 1. The first kappa shape index (κ1) is 20.7. The Morgan fingerprint density at radius 3 is 2.66 bits per heavy atom. The van der Waals surface area contributed by atoms with Crippen LogP contribution in [0, 0.1) is 0 Å². The second-order valence-corrected chi connectivity index (χ2v) is 6.66. The maximum absolute atomic E-state index is 12.7. The average molecular weight is 418 g/mol. The molecule has 0 aliphatic carbocycles. The molecule has 7 nitrogen and oxygen atoms in total. The maximum atomic E-state index is 12.7. The number of halogens is 1. The van der Waals surface area contributed by atoms with Crippen LogP contribution in [0.4, 0.5) is 5.69 Å². The third kappa shape index (κ3) is 4.52. The molecular formula is C21H20ClNO6. The standard InChI is InChI=1S/C21H20ClNO6/c1-12(20(24)23-16-10-13(22)8-9-18(16)27-3)28-21(25)19-15(11-26-2)14-6-4-5-7-17(14)29-19/h4-10,12H,11H2,1-3H3,(H,23,24)/t12-/m1/s1. The van der Waals surface area contributed by atoms with Gasteiger partial charge in [-0.2, -0.15) is 0 Å². The number of hydrogen-bond acceptors (Lipinski definition) is 6. The molecule has 29 heavy (non-hydrogen) atoms. The van der Waals surface area contributed by atoms with Gasteiger partial charge in [-0.3, -0.25) is 4.79 Å². The van der Waals surface area contributed by atoms with Crippen LogP contribution in [0.3, 0.4) is 0 Å². The molecule has 0 radical (unpaired) electrons. The minimum absolute atomic E-state index is 0.00744. The number of esters is 1. The molecule has 1 N–H and O–H groups in total. The lowest BCUT2D eigenvalue weighted by molar-refractivity contribution is -0.123. The Balaban J connectivity index is 1.77. The summed E-state index contributed by atoms with van der Waals surface area (Å²) in [4.78, 5) is 25.2. The SMILES string of the molecule is COCc1c(C(=O)O[C@H](C)C(=O)Nc2cc(Cl)ccc2OC)oc2ccccc12. The van der Waals surface area contributed by atoms with E-state index in [-0.39, 0.29) is 12.4 Å². The van der Waals surface area contributed by atoms with Crippen molar-refractivity contribution in [2.75, 3.05) is 19.5 Å². The van der Waals surface area contributed by atoms with Gasteiger partial charge >= 0.3 is 5.97 Å². The van der Waals surface area contributed by atoms with Gasteiger partial charge < -0.3 is 23.9 Å². The number of ether oxygens (including phenoxy) is 3. The molecule has 1 aromatic heterocycles. The van der Waals surface area contributed by atoms with Crippen LogP contribution in [0.1, 0.15) is 23.0 Å². The summed E-state index contributed by atoms with van der Waals surface area (Å²) in [5, 5.41) is 3.82. The minimum atomic E-state index is -1.09. The van der Waals surface area contributed by atoms with Crippen molar-refractivity contribution in [1.82, 2.24) is 0 Å². The molecule has 8 heteroatoms. The molecule has 0 unspecified atom stereocenters. The Bertz CT molecular complexity index is 1040. The van der Waals surface area contributed by atoms with Crippen LogP contribution in [0.5, 0.6) is 5.75 Å². The largest absolute Gasteiger partial charge is 0.495 e. The normalized spacial score (nSPS) is 11.9. The van der Waals surface area contributed by atoms with Crippen molar-refractivity contribution in [3.63, 3.8) is 0 Å². The zero-order valence-electron chi connectivity index (χ0n) is 16.2. The number of amides is 1. The maximum Gasteiger partial charge on any atom is 0.375 e. The predicted octanol–water partition coefficient (Wildman–Crippen LogP) is 4.43. The van der Waals surface area contributed by atoms with Gasteiger partial charge in [0.25, 0.3) is 5.91 Å². The third-order valence-corrected chi connectivity index (χ3v) is 4.48. The number of benzene rings is 2. The molecule has 0 saturated heterocycles. The topological polar surface area (TPSA) is 87.0 Å². The number of para-hydroxylation sites is 1. The van der Waals surface area contributed by atoms with Crippen LogP contribution in [0.2, 0.25) is 5.02 Å². The van der Waals surface area contributed by atoms with Gasteiger partial charge in [0.1, 0.15) is 11.3 Å². The Kier molecular flexibility index (Phi) is 6.41. The van der Waals surface area contributed by atoms with E-state index < -0.39 is 18.0 Å². The van der Waals surface area contributed by atoms with E-state index in [1.54, 1.807) is 30.3 Å². The Labute approximate surface area is 172 Å². The van der Waals surface area contributed by atoms with Crippen molar-refractivity contribution in [2.24, 2.45) is 0 Å². The zero-order valence-corrected chi connectivity index (χ0v) is 16.9. The molecule has 3 rings (SSSR count). The molecule has 1 atom stereocenters. The summed E-state index contributed by atoms with van der Waals surface area (Å²) >= 11 is 5.97. The molecular weight excluding hydrogens is 398 g/mol. The summed E-state index contributed by atoms with van der Waals surface area (Å²) < 4.78 is 21.3. The average Bonchev–Trinajstić information content (AvgIpc) is 3.07. The van der Waals surface area contributed by atoms with Crippen molar-refractivity contribution in [2.45, 2.75) is 19.6 Å². The van der Waals surface area contributed by atoms with Gasteiger partial charge in [-0.05, 0) is 31.2 Å². The molecule has 3 aromatic rings. The van der Waals surface area contributed by atoms with Gasteiger partial charge in [0.2, 0.25) is 5.76 Å². The van der Waals surface area contributed by atoms with Crippen LogP contribution in [0.25, 0.3) is 11.0 Å². The number of rotatable bonds is 7. The summed E-state index contributed by atoms with van der Waals surface area (Å²) in [7, 11) is 2.99. The summed E-state index contributed by atoms with van der Waals surface area (Å²) in [6.45, 7) is 1.63. The monoisotopic (exact) mass is 417 g/mol. The van der Waals surface area contributed by atoms with Gasteiger partial charge in [-0.25, -0.2) is 4.79 Å². The van der Waals surface area contributed by atoms with E-state index in [1.807, 2.05) is 12.1 Å². The van der Waals surface area contributed by atoms with E-state index in [9.17, 15) is 9.59 Å². The van der Waals surface area contributed by atoms with Crippen LogP contribution < -0.4 is 10.1 Å². The van der Waals surface area contributed by atoms with Crippen LogP contribution in [-0.4, -0.2) is 32.2 Å². The molecule has 1 heterocycles. The third-order valence-electron chi connectivity index (χ3n) is 4.24. The van der Waals surface area contributed by atoms with Gasteiger partial charge in [0, 0.05) is 23.1 Å². The number of furan rings is 1. The molecule has 0 saturated carbocycles. The van der Waals surface area contributed by atoms with E-state index in [4.69, 9.17) is 30.2 Å². The molecule has 152 valence electrons. The van der Waals surface area contributed by atoms with Gasteiger partial charge in [-0.15, -0.1) is 0 Å². The van der Waals surface area contributed by atoms with E-state index in [0.717, 1.165) is 5.39 Å². The molecule has 0 bridgehead atoms. The molecule has 2 aromatic carbocycles. The fourth-order valence-electron chi connectivity index (χ4n) is 2.83. The fourth-order valence-corrected chi connectivity index (χ4v) is 3.00. The first-order chi connectivity index (χ1) is 13.9. The lowest BCUT2D eigenvalue weighted by Gasteiger charge is -2.15. The number of fused-ring (bicyclic) bond motifs is 1. The minimum Gasteiger partial charge on any atom is -0.495 e. The Morgan fingerprint density at radius 2 is 1.93 bits per heavy atom. The lowest BCUT2D eigenvalue weighted by atomic mass is 10.1. The highest BCUT2D eigenvalue weighted by Crippen LogP contribution is 2.29. The Hall–Kier alpha value is -3.03. The van der Waals surface area contributed by atoms with Crippen molar-refractivity contribution < 1.29 is 28.2 Å². The van der Waals surface area contributed by atoms with Crippen molar-refractivity contribution >= 4 is 40.1 Å². The predicted molar refractivity (Wildman–Crippen MR) is 108 cm³/mol. The van der Waals surface area contributed by atoms with Crippen molar-refractivity contribution in [3.05, 3.63) is 58.8 Å². The molecule has 0 spiro atoms. The van der Waals surface area contributed by atoms with Crippen LogP contribution in [0.15, 0.2) is 46.9 Å². The Morgan fingerprint density at radius 1 is 1.17 bits per heavy atom. The van der Waals surface area contributed by atoms with E-state index in [0.29, 0.717) is 27.6 Å². The summed E-state index contributed by atoms with van der Waals surface area (Å²) in [5.74, 6) is -0.855. The first-order valence-electron chi connectivity index (χ1n) is 8.79. The van der Waals surface area contributed by atoms with Gasteiger partial charge in [-0.1, -0.05) is 29.8 Å². The zero-order chi connectivity index (χ0) is 21.0. The number of nitrogens with one attached hydrogen (secondary N) is 1. The van der Waals surface area contributed by atoms with Gasteiger partial charge in [0.05, 0.1) is 19.4 Å². The van der Waals surface area contributed by atoms with Crippen LogP contribution in [-0.2, 0) is 20.9 Å². The van der Waals surface area contributed by atoms with Crippen molar-refractivity contribution in [1.29, 1.82) is 0 Å². The highest BCUT2D eigenvalue weighted by molar-refractivity contribution is 6.31. The number of methoxy groups -OCH3 is 2. The second-order valence-electron chi connectivity index (χ2n) is 6.22. The van der Waals surface area contributed by atoms with E-state index >= 15 is 0 Å². The smallest absolute Gasteiger partial charge is 0.375 e. The van der Waals surface area contributed by atoms with Crippen molar-refractivity contribution in [3.8, 4) is 5.75 Å². The highest BCUT2D eigenvalue weighted by Gasteiger charge is 2.26. The molecule has 0 aliphatic rings. The quantitative estimate of drug-likeness (QED) is 0.572. The molecule has 1 amide bonds. The highest BCUT2D eigenvalue weighted by atomic mass is 35.5. The molecule has 0 fully saturated rings. The summed E-state index contributed by atoms with van der Waals surface area (Å²) in [6.07, 6.45) is -1.09. The second kappa shape index (κ2) is 8.98. The van der Waals surface area contributed by atoms with E-state index in [1.165, 1.54) is 21.1 Å². The first-order valence-corrected chi connectivity index (χ1v) is 9.17. The molecule has 0 aliphatic heterocycles. The summed E-state index contributed by atoms with van der Waals surface area (Å²) in [6, 6.07) is 12.0. The van der Waals surface area contributed by atoms with Gasteiger partial charge in [0.15, 0.2) is 6.10 Å². The number of carbonyl (C=O) groups is 2. The fraction of sp³-hybridized carbons (Fsp3) is 0.238.